The Kier molecular flexibility index (Phi) is 3.21. The van der Waals surface area contributed by atoms with Crippen molar-refractivity contribution in [3.63, 3.8) is 0 Å². The Hall–Kier alpha value is -2.17. The predicted octanol–water partition coefficient (Wildman–Crippen LogP) is 2.47. The van der Waals surface area contributed by atoms with Crippen LogP contribution < -0.4 is 0 Å². The van der Waals surface area contributed by atoms with Crippen LogP contribution in [-0.2, 0) is 29.4 Å². The maximum absolute atomic E-state index is 12.6. The molecule has 2 aromatic rings. The third-order valence-corrected chi connectivity index (χ3v) is 4.67. The summed E-state index contributed by atoms with van der Waals surface area (Å²) >= 11 is 0. The average Bonchev–Trinajstić information content (AvgIpc) is 3.09. The second kappa shape index (κ2) is 5.23. The van der Waals surface area contributed by atoms with Gasteiger partial charge < -0.3 is 4.74 Å². The molecule has 0 saturated carbocycles. The number of aromatic nitrogens is 3. The molecule has 2 unspecified atom stereocenters. The predicted molar refractivity (Wildman–Crippen MR) is 80.3 cm³/mol. The first kappa shape index (κ1) is 13.5. The highest BCUT2D eigenvalue weighted by molar-refractivity contribution is 5.79. The topological polar surface area (TPSA) is 57.0 Å². The molecule has 2 atom stereocenters. The van der Waals surface area contributed by atoms with E-state index in [9.17, 15) is 4.79 Å². The number of ether oxygens (including phenoxy) is 1. The summed E-state index contributed by atoms with van der Waals surface area (Å²) in [6.45, 7) is 0. The van der Waals surface area contributed by atoms with Crippen LogP contribution >= 0.6 is 0 Å². The van der Waals surface area contributed by atoms with Crippen molar-refractivity contribution in [2.24, 2.45) is 7.05 Å². The van der Waals surface area contributed by atoms with Crippen molar-refractivity contribution in [3.05, 3.63) is 47.0 Å². The summed E-state index contributed by atoms with van der Waals surface area (Å²) in [4.78, 5) is 17.0. The van der Waals surface area contributed by atoms with E-state index in [2.05, 4.69) is 16.1 Å². The monoisotopic (exact) mass is 297 g/mol. The fraction of sp³-hybridized carbons (Fsp3) is 0.471. The number of fused-ring (bicyclic) bond motifs is 2. The lowest BCUT2D eigenvalue weighted by atomic mass is 9.87. The van der Waals surface area contributed by atoms with E-state index in [1.807, 2.05) is 19.3 Å². The second-order valence-corrected chi connectivity index (χ2v) is 6.16. The summed E-state index contributed by atoms with van der Waals surface area (Å²) in [5.41, 5.74) is 4.21. The van der Waals surface area contributed by atoms with E-state index in [-0.39, 0.29) is 18.0 Å². The summed E-state index contributed by atoms with van der Waals surface area (Å²) in [5, 5.41) is 4.45. The van der Waals surface area contributed by atoms with E-state index in [0.29, 0.717) is 0 Å². The van der Waals surface area contributed by atoms with Crippen LogP contribution in [0.4, 0.5) is 0 Å². The summed E-state index contributed by atoms with van der Waals surface area (Å²) in [7, 11) is 1.90. The van der Waals surface area contributed by atoms with Gasteiger partial charge in [0.05, 0.1) is 17.3 Å². The van der Waals surface area contributed by atoms with Gasteiger partial charge >= 0.3 is 5.97 Å². The average molecular weight is 297 g/mol. The van der Waals surface area contributed by atoms with Gasteiger partial charge in [0.1, 0.15) is 6.10 Å². The highest BCUT2D eigenvalue weighted by Crippen LogP contribution is 2.36. The fourth-order valence-corrected chi connectivity index (χ4v) is 3.62. The molecule has 0 N–H and O–H groups in total. The third-order valence-electron chi connectivity index (χ3n) is 4.67. The van der Waals surface area contributed by atoms with E-state index in [1.165, 1.54) is 5.56 Å². The van der Waals surface area contributed by atoms with Gasteiger partial charge in [-0.25, -0.2) is 0 Å². The SMILES string of the molecule is Cn1cc2c(n1)CCCC2C(=O)OC1CCc2cccnc21. The number of esters is 1. The molecular formula is C17H19N3O2. The molecule has 0 fully saturated rings. The minimum absolute atomic E-state index is 0.127. The Morgan fingerprint density at radius 1 is 1.36 bits per heavy atom. The molecule has 0 aromatic carbocycles. The maximum atomic E-state index is 12.6. The maximum Gasteiger partial charge on any atom is 0.314 e. The van der Waals surface area contributed by atoms with Crippen molar-refractivity contribution in [2.75, 3.05) is 0 Å². The molecule has 0 saturated heterocycles. The van der Waals surface area contributed by atoms with Gasteiger partial charge in [-0.15, -0.1) is 0 Å². The third kappa shape index (κ3) is 2.21. The first-order chi connectivity index (χ1) is 10.7. The summed E-state index contributed by atoms with van der Waals surface area (Å²) in [6, 6.07) is 4.00. The molecule has 0 aliphatic heterocycles. The molecule has 0 amide bonds. The van der Waals surface area contributed by atoms with Crippen molar-refractivity contribution in [2.45, 2.75) is 44.1 Å². The van der Waals surface area contributed by atoms with Gasteiger partial charge in [-0.3, -0.25) is 14.5 Å². The molecule has 22 heavy (non-hydrogen) atoms. The largest absolute Gasteiger partial charge is 0.455 e. The van der Waals surface area contributed by atoms with E-state index in [4.69, 9.17) is 4.74 Å². The van der Waals surface area contributed by atoms with Gasteiger partial charge in [0.15, 0.2) is 0 Å². The quantitative estimate of drug-likeness (QED) is 0.799. The molecule has 5 heteroatoms. The van der Waals surface area contributed by atoms with Crippen LogP contribution in [0.3, 0.4) is 0 Å². The van der Waals surface area contributed by atoms with Crippen molar-refractivity contribution < 1.29 is 9.53 Å². The molecule has 2 heterocycles. The fourth-order valence-electron chi connectivity index (χ4n) is 3.62. The highest BCUT2D eigenvalue weighted by atomic mass is 16.5. The lowest BCUT2D eigenvalue weighted by Crippen LogP contribution is -2.21. The molecule has 5 nitrogen and oxygen atoms in total. The number of aryl methyl sites for hydroxylation is 3. The van der Waals surface area contributed by atoms with Crippen LogP contribution in [0.15, 0.2) is 24.5 Å². The molecule has 114 valence electrons. The second-order valence-electron chi connectivity index (χ2n) is 6.16. The number of carbonyl (C=O) groups excluding carboxylic acids is 1. The van der Waals surface area contributed by atoms with Crippen molar-refractivity contribution in [1.82, 2.24) is 14.8 Å². The molecule has 0 bridgehead atoms. The smallest absolute Gasteiger partial charge is 0.314 e. The van der Waals surface area contributed by atoms with E-state index in [0.717, 1.165) is 49.1 Å². The minimum Gasteiger partial charge on any atom is -0.455 e. The number of nitrogens with zero attached hydrogens (tertiary/aromatic N) is 3. The summed E-state index contributed by atoms with van der Waals surface area (Å²) in [6.07, 6.45) is 8.10. The first-order valence-corrected chi connectivity index (χ1v) is 7.89. The van der Waals surface area contributed by atoms with Crippen molar-refractivity contribution >= 4 is 5.97 Å². The Balaban J connectivity index is 1.54. The molecule has 2 aromatic heterocycles. The Morgan fingerprint density at radius 2 is 2.27 bits per heavy atom. The lowest BCUT2D eigenvalue weighted by molar-refractivity contribution is -0.151. The number of hydrogen-bond donors (Lipinski definition) is 0. The summed E-state index contributed by atoms with van der Waals surface area (Å²) < 4.78 is 7.60. The zero-order valence-electron chi connectivity index (χ0n) is 12.7. The van der Waals surface area contributed by atoms with Crippen molar-refractivity contribution in [3.8, 4) is 0 Å². The van der Waals surface area contributed by atoms with Crippen LogP contribution in [0.25, 0.3) is 0 Å². The molecule has 0 spiro atoms. The van der Waals surface area contributed by atoms with E-state index >= 15 is 0 Å². The molecule has 2 aliphatic carbocycles. The van der Waals surface area contributed by atoms with Crippen LogP contribution in [0.1, 0.15) is 53.8 Å². The number of pyridine rings is 1. The van der Waals surface area contributed by atoms with Gasteiger partial charge in [-0.05, 0) is 43.7 Å². The van der Waals surface area contributed by atoms with Crippen LogP contribution in [0.5, 0.6) is 0 Å². The van der Waals surface area contributed by atoms with Gasteiger partial charge in [-0.2, -0.15) is 5.10 Å². The van der Waals surface area contributed by atoms with Gasteiger partial charge in [0.25, 0.3) is 0 Å². The van der Waals surface area contributed by atoms with Gasteiger partial charge in [-0.1, -0.05) is 6.07 Å². The normalized spacial score (nSPS) is 23.0. The van der Waals surface area contributed by atoms with E-state index in [1.54, 1.807) is 10.9 Å². The Bertz CT molecular complexity index is 722. The molecule has 4 rings (SSSR count). The molecular weight excluding hydrogens is 278 g/mol. The number of hydrogen-bond acceptors (Lipinski definition) is 4. The highest BCUT2D eigenvalue weighted by Gasteiger charge is 2.34. The lowest BCUT2D eigenvalue weighted by Gasteiger charge is -2.22. The first-order valence-electron chi connectivity index (χ1n) is 7.89. The van der Waals surface area contributed by atoms with Crippen LogP contribution in [0.2, 0.25) is 0 Å². The minimum atomic E-state index is -0.189. The number of rotatable bonds is 2. The van der Waals surface area contributed by atoms with E-state index < -0.39 is 0 Å². The molecule has 0 radical (unpaired) electrons. The van der Waals surface area contributed by atoms with Crippen LogP contribution in [-0.4, -0.2) is 20.7 Å². The zero-order chi connectivity index (χ0) is 15.1. The summed E-state index contributed by atoms with van der Waals surface area (Å²) in [5.74, 6) is -0.303. The number of carbonyl (C=O) groups is 1. The van der Waals surface area contributed by atoms with Gasteiger partial charge in [0, 0.05) is 25.0 Å². The Morgan fingerprint density at radius 3 is 3.18 bits per heavy atom. The zero-order valence-corrected chi connectivity index (χ0v) is 12.7. The standard InChI is InChI=1S/C17H19N3O2/c1-20-10-13-12(5-2-6-14(13)19-20)17(21)22-15-8-7-11-4-3-9-18-16(11)15/h3-4,9-10,12,15H,2,5-8H2,1H3. The van der Waals surface area contributed by atoms with Crippen molar-refractivity contribution in [1.29, 1.82) is 0 Å². The van der Waals surface area contributed by atoms with Gasteiger partial charge in [0.2, 0.25) is 0 Å². The Labute approximate surface area is 129 Å². The van der Waals surface area contributed by atoms with Crippen LogP contribution in [0, 0.1) is 0 Å². The molecule has 2 aliphatic rings.